The fraction of sp³-hybridized carbons (Fsp3) is 0.529. The Labute approximate surface area is 122 Å². The van der Waals surface area contributed by atoms with Gasteiger partial charge >= 0.3 is 0 Å². The van der Waals surface area contributed by atoms with E-state index in [2.05, 4.69) is 13.8 Å². The van der Waals surface area contributed by atoms with E-state index in [4.69, 9.17) is 0 Å². The number of rotatable bonds is 4. The van der Waals surface area contributed by atoms with Crippen molar-refractivity contribution in [2.75, 3.05) is 5.75 Å². The average Bonchev–Trinajstić information content (AvgIpc) is 2.78. The van der Waals surface area contributed by atoms with E-state index in [0.717, 1.165) is 36.0 Å². The molecule has 0 bridgehead atoms. The minimum absolute atomic E-state index is 0.152. The summed E-state index contributed by atoms with van der Waals surface area (Å²) in [7, 11) is -3.22. The van der Waals surface area contributed by atoms with Crippen molar-refractivity contribution in [2.24, 2.45) is 0 Å². The Balaban J connectivity index is 2.38. The zero-order valence-corrected chi connectivity index (χ0v) is 13.9. The van der Waals surface area contributed by atoms with Gasteiger partial charge in [0.25, 0.3) is 0 Å². The molecule has 0 aromatic heterocycles. The van der Waals surface area contributed by atoms with Crippen LogP contribution in [0.15, 0.2) is 44.4 Å². The van der Waals surface area contributed by atoms with Crippen molar-refractivity contribution in [3.8, 4) is 0 Å². The lowest BCUT2D eigenvalue weighted by Crippen LogP contribution is -2.12. The topological polar surface area (TPSA) is 34.1 Å². The standard InChI is InChI=1S/C17H24O2S/c1-6-16-13(4)9-14(5)17(16)20(18,19)10-15-8-11(2)7-12(15)3/h8H,6-7,9-10H2,1-5H3. The number of allylic oxidation sites excluding steroid dienone is 6. The van der Waals surface area contributed by atoms with Crippen molar-refractivity contribution in [3.05, 3.63) is 44.4 Å². The van der Waals surface area contributed by atoms with E-state index in [1.54, 1.807) is 0 Å². The molecule has 0 unspecified atom stereocenters. The van der Waals surface area contributed by atoms with E-state index in [1.165, 1.54) is 16.7 Å². The van der Waals surface area contributed by atoms with Gasteiger partial charge in [-0.3, -0.25) is 0 Å². The summed E-state index contributed by atoms with van der Waals surface area (Å²) in [6, 6.07) is 0. The predicted molar refractivity (Wildman–Crippen MR) is 85.2 cm³/mol. The third-order valence-corrected chi connectivity index (χ3v) is 6.14. The van der Waals surface area contributed by atoms with Gasteiger partial charge in [0.05, 0.1) is 10.7 Å². The first-order valence-electron chi connectivity index (χ1n) is 7.23. The van der Waals surface area contributed by atoms with Crippen LogP contribution in [0.4, 0.5) is 0 Å². The molecule has 2 aliphatic rings. The van der Waals surface area contributed by atoms with Gasteiger partial charge in [-0.1, -0.05) is 35.3 Å². The van der Waals surface area contributed by atoms with Gasteiger partial charge in [-0.05, 0) is 58.1 Å². The van der Waals surface area contributed by atoms with Gasteiger partial charge in [0, 0.05) is 0 Å². The maximum absolute atomic E-state index is 12.8. The van der Waals surface area contributed by atoms with Crippen molar-refractivity contribution in [1.82, 2.24) is 0 Å². The third-order valence-electron chi connectivity index (χ3n) is 4.23. The van der Waals surface area contributed by atoms with Crippen LogP contribution in [-0.2, 0) is 9.84 Å². The second kappa shape index (κ2) is 5.36. The van der Waals surface area contributed by atoms with E-state index in [0.29, 0.717) is 4.91 Å². The van der Waals surface area contributed by atoms with Crippen LogP contribution in [-0.4, -0.2) is 14.2 Å². The highest BCUT2D eigenvalue weighted by molar-refractivity contribution is 7.95. The lowest BCUT2D eigenvalue weighted by atomic mass is 10.1. The largest absolute Gasteiger partial charge is 0.223 e. The first-order valence-corrected chi connectivity index (χ1v) is 8.88. The fourth-order valence-corrected chi connectivity index (χ4v) is 5.58. The second-order valence-corrected chi connectivity index (χ2v) is 8.06. The Morgan fingerprint density at radius 1 is 1.00 bits per heavy atom. The highest BCUT2D eigenvalue weighted by atomic mass is 32.2. The molecule has 2 rings (SSSR count). The molecule has 0 atom stereocenters. The van der Waals surface area contributed by atoms with Crippen molar-refractivity contribution < 1.29 is 8.42 Å². The zero-order chi connectivity index (χ0) is 15.1. The van der Waals surface area contributed by atoms with Crippen molar-refractivity contribution in [2.45, 2.75) is 53.9 Å². The van der Waals surface area contributed by atoms with Gasteiger partial charge in [0.2, 0.25) is 0 Å². The van der Waals surface area contributed by atoms with Gasteiger partial charge in [0.1, 0.15) is 0 Å². The summed E-state index contributed by atoms with van der Waals surface area (Å²) < 4.78 is 25.6. The maximum atomic E-state index is 12.8. The highest BCUT2D eigenvalue weighted by Crippen LogP contribution is 2.38. The summed E-state index contributed by atoms with van der Waals surface area (Å²) in [5.41, 5.74) is 6.71. The highest BCUT2D eigenvalue weighted by Gasteiger charge is 2.30. The van der Waals surface area contributed by atoms with Crippen LogP contribution in [0.25, 0.3) is 0 Å². The Bertz CT molecular complexity index is 668. The molecular weight excluding hydrogens is 268 g/mol. The van der Waals surface area contributed by atoms with Crippen LogP contribution in [0.5, 0.6) is 0 Å². The Kier molecular flexibility index (Phi) is 4.10. The molecule has 0 N–H and O–H groups in total. The lowest BCUT2D eigenvalue weighted by Gasteiger charge is -2.11. The molecule has 0 spiro atoms. The molecule has 20 heavy (non-hydrogen) atoms. The first-order chi connectivity index (χ1) is 9.26. The lowest BCUT2D eigenvalue weighted by molar-refractivity contribution is 0.604. The molecule has 0 saturated carbocycles. The van der Waals surface area contributed by atoms with Crippen LogP contribution in [0.2, 0.25) is 0 Å². The Hall–Kier alpha value is -1.09. The van der Waals surface area contributed by atoms with E-state index in [1.807, 2.05) is 26.8 Å². The summed E-state index contributed by atoms with van der Waals surface area (Å²) in [6.45, 7) is 10.1. The molecule has 0 aromatic rings. The molecule has 0 saturated heterocycles. The van der Waals surface area contributed by atoms with Crippen molar-refractivity contribution in [3.63, 3.8) is 0 Å². The zero-order valence-electron chi connectivity index (χ0n) is 13.1. The first kappa shape index (κ1) is 15.3. The van der Waals surface area contributed by atoms with Crippen molar-refractivity contribution in [1.29, 1.82) is 0 Å². The molecule has 0 fully saturated rings. The van der Waals surface area contributed by atoms with Gasteiger partial charge in [-0.2, -0.15) is 0 Å². The summed E-state index contributed by atoms with van der Waals surface area (Å²) in [5.74, 6) is 0.152. The van der Waals surface area contributed by atoms with Gasteiger partial charge in [-0.15, -0.1) is 0 Å². The molecule has 0 aliphatic heterocycles. The van der Waals surface area contributed by atoms with Crippen molar-refractivity contribution >= 4 is 9.84 Å². The molecule has 0 amide bonds. The predicted octanol–water partition coefficient (Wildman–Crippen LogP) is 4.47. The molecule has 0 heterocycles. The van der Waals surface area contributed by atoms with Gasteiger partial charge in [0.15, 0.2) is 9.84 Å². The van der Waals surface area contributed by atoms with Crippen LogP contribution in [0.1, 0.15) is 53.9 Å². The number of hydrogen-bond acceptors (Lipinski definition) is 2. The third kappa shape index (κ3) is 2.69. The van der Waals surface area contributed by atoms with Gasteiger partial charge in [-0.25, -0.2) is 8.42 Å². The minimum atomic E-state index is -3.22. The van der Waals surface area contributed by atoms with E-state index in [9.17, 15) is 8.42 Å². The van der Waals surface area contributed by atoms with Crippen LogP contribution >= 0.6 is 0 Å². The summed E-state index contributed by atoms with van der Waals surface area (Å²) in [5, 5.41) is 0. The normalized spacial score (nSPS) is 20.4. The second-order valence-electron chi connectivity index (χ2n) is 6.13. The smallest absolute Gasteiger partial charge is 0.182 e. The van der Waals surface area contributed by atoms with E-state index < -0.39 is 9.84 Å². The van der Waals surface area contributed by atoms with E-state index in [-0.39, 0.29) is 5.75 Å². The number of hydrogen-bond donors (Lipinski definition) is 0. The molecule has 0 radical (unpaired) electrons. The Morgan fingerprint density at radius 3 is 2.15 bits per heavy atom. The fourth-order valence-electron chi connectivity index (χ4n) is 3.40. The summed E-state index contributed by atoms with van der Waals surface area (Å²) in [6.07, 6.45) is 4.56. The maximum Gasteiger partial charge on any atom is 0.182 e. The minimum Gasteiger partial charge on any atom is -0.223 e. The Morgan fingerprint density at radius 2 is 1.65 bits per heavy atom. The van der Waals surface area contributed by atoms with Crippen LogP contribution < -0.4 is 0 Å². The molecule has 0 aromatic carbocycles. The average molecular weight is 292 g/mol. The van der Waals surface area contributed by atoms with Crippen LogP contribution in [0.3, 0.4) is 0 Å². The summed E-state index contributed by atoms with van der Waals surface area (Å²) in [4.78, 5) is 0.621. The molecule has 110 valence electrons. The quantitative estimate of drug-likeness (QED) is 0.766. The van der Waals surface area contributed by atoms with Gasteiger partial charge < -0.3 is 0 Å². The molecule has 2 nitrogen and oxygen atoms in total. The number of sulfone groups is 1. The molecule has 3 heteroatoms. The molecular formula is C17H24O2S. The SMILES string of the molecule is CCC1=C(C)CC(C)=C1S(=O)(=O)CC1=C(C)CC(C)=C1. The monoisotopic (exact) mass is 292 g/mol. The van der Waals surface area contributed by atoms with E-state index >= 15 is 0 Å². The molecule has 2 aliphatic carbocycles. The van der Waals surface area contributed by atoms with Crippen LogP contribution in [0, 0.1) is 0 Å². The summed E-state index contributed by atoms with van der Waals surface area (Å²) >= 11 is 0.